The van der Waals surface area contributed by atoms with Crippen molar-refractivity contribution in [2.24, 2.45) is 0 Å². The standard InChI is InChI=1S/C15H15BrN2O2S/c1-2-10-17-12-7-5-9-14(15(12)18(19)20)21-13-8-4-3-6-11(13)16/h3-9,17H,2,10H2,1H3. The molecule has 0 heterocycles. The molecule has 0 unspecified atom stereocenters. The molecule has 0 saturated heterocycles. The van der Waals surface area contributed by atoms with E-state index in [4.69, 9.17) is 0 Å². The Labute approximate surface area is 136 Å². The minimum atomic E-state index is -0.322. The quantitative estimate of drug-likeness (QED) is 0.554. The molecule has 2 aromatic rings. The number of hydrogen-bond acceptors (Lipinski definition) is 4. The van der Waals surface area contributed by atoms with Crippen molar-refractivity contribution in [1.82, 2.24) is 0 Å². The first-order valence-corrected chi connectivity index (χ1v) is 8.18. The molecule has 2 rings (SSSR count). The van der Waals surface area contributed by atoms with Crippen molar-refractivity contribution < 1.29 is 4.92 Å². The summed E-state index contributed by atoms with van der Waals surface area (Å²) in [5, 5.41) is 14.5. The van der Waals surface area contributed by atoms with E-state index in [1.165, 1.54) is 11.8 Å². The molecule has 1 N–H and O–H groups in total. The van der Waals surface area contributed by atoms with Gasteiger partial charge in [0, 0.05) is 15.9 Å². The van der Waals surface area contributed by atoms with Gasteiger partial charge in [-0.05, 0) is 46.6 Å². The number of nitrogens with zero attached hydrogens (tertiary/aromatic N) is 1. The Bertz CT molecular complexity index is 649. The van der Waals surface area contributed by atoms with Crippen molar-refractivity contribution in [2.45, 2.75) is 23.1 Å². The minimum Gasteiger partial charge on any atom is -0.379 e. The van der Waals surface area contributed by atoms with Gasteiger partial charge in [-0.25, -0.2) is 0 Å². The Hall–Kier alpha value is -1.53. The fourth-order valence-electron chi connectivity index (χ4n) is 1.84. The largest absolute Gasteiger partial charge is 0.379 e. The molecule has 110 valence electrons. The number of nitro benzene ring substituents is 1. The summed E-state index contributed by atoms with van der Waals surface area (Å²) in [5.74, 6) is 0. The number of benzene rings is 2. The van der Waals surface area contributed by atoms with Crippen LogP contribution >= 0.6 is 27.7 Å². The summed E-state index contributed by atoms with van der Waals surface area (Å²) >= 11 is 4.86. The van der Waals surface area contributed by atoms with E-state index in [0.717, 1.165) is 15.8 Å². The van der Waals surface area contributed by atoms with Crippen LogP contribution < -0.4 is 5.32 Å². The highest BCUT2D eigenvalue weighted by Crippen LogP contribution is 2.41. The van der Waals surface area contributed by atoms with Gasteiger partial charge in [0.15, 0.2) is 0 Å². The summed E-state index contributed by atoms with van der Waals surface area (Å²) in [7, 11) is 0. The third-order valence-corrected chi connectivity index (χ3v) is 4.88. The van der Waals surface area contributed by atoms with Gasteiger partial charge >= 0.3 is 5.69 Å². The molecule has 0 amide bonds. The zero-order valence-electron chi connectivity index (χ0n) is 11.5. The van der Waals surface area contributed by atoms with Gasteiger partial charge in [0.1, 0.15) is 5.69 Å². The van der Waals surface area contributed by atoms with Gasteiger partial charge in [0.25, 0.3) is 0 Å². The molecular formula is C15H15BrN2O2S. The molecule has 0 saturated carbocycles. The van der Waals surface area contributed by atoms with E-state index in [1.54, 1.807) is 12.1 Å². The van der Waals surface area contributed by atoms with E-state index in [9.17, 15) is 10.1 Å². The lowest BCUT2D eigenvalue weighted by atomic mass is 10.2. The maximum Gasteiger partial charge on any atom is 0.306 e. The normalized spacial score (nSPS) is 10.4. The molecular weight excluding hydrogens is 352 g/mol. The zero-order chi connectivity index (χ0) is 15.2. The van der Waals surface area contributed by atoms with Crippen LogP contribution in [0, 0.1) is 10.1 Å². The van der Waals surface area contributed by atoms with Crippen LogP contribution in [0.15, 0.2) is 56.7 Å². The van der Waals surface area contributed by atoms with Crippen molar-refractivity contribution in [3.05, 3.63) is 57.1 Å². The van der Waals surface area contributed by atoms with Gasteiger partial charge in [-0.2, -0.15) is 0 Å². The zero-order valence-corrected chi connectivity index (χ0v) is 13.9. The third kappa shape index (κ3) is 3.98. The average Bonchev–Trinajstić information content (AvgIpc) is 2.47. The highest BCUT2D eigenvalue weighted by Gasteiger charge is 2.20. The van der Waals surface area contributed by atoms with Crippen molar-refractivity contribution in [2.75, 3.05) is 11.9 Å². The van der Waals surface area contributed by atoms with Crippen LogP contribution in [0.5, 0.6) is 0 Å². The second-order valence-electron chi connectivity index (χ2n) is 4.37. The van der Waals surface area contributed by atoms with Crippen LogP contribution in [0.25, 0.3) is 0 Å². The van der Waals surface area contributed by atoms with Crippen molar-refractivity contribution in [3.8, 4) is 0 Å². The van der Waals surface area contributed by atoms with E-state index >= 15 is 0 Å². The van der Waals surface area contributed by atoms with Crippen LogP contribution in [-0.2, 0) is 0 Å². The van der Waals surface area contributed by atoms with Crippen molar-refractivity contribution in [1.29, 1.82) is 0 Å². The second-order valence-corrected chi connectivity index (χ2v) is 6.31. The number of rotatable bonds is 6. The predicted molar refractivity (Wildman–Crippen MR) is 90.1 cm³/mol. The summed E-state index contributed by atoms with van der Waals surface area (Å²) in [4.78, 5) is 12.7. The summed E-state index contributed by atoms with van der Waals surface area (Å²) < 4.78 is 0.927. The second kappa shape index (κ2) is 7.47. The van der Waals surface area contributed by atoms with E-state index in [0.29, 0.717) is 17.1 Å². The summed E-state index contributed by atoms with van der Waals surface area (Å²) in [5.41, 5.74) is 0.700. The van der Waals surface area contributed by atoms with Crippen molar-refractivity contribution in [3.63, 3.8) is 0 Å². The lowest BCUT2D eigenvalue weighted by Crippen LogP contribution is -2.04. The summed E-state index contributed by atoms with van der Waals surface area (Å²) in [6.07, 6.45) is 0.915. The molecule has 6 heteroatoms. The first-order chi connectivity index (χ1) is 10.1. The Morgan fingerprint density at radius 2 is 1.90 bits per heavy atom. The molecule has 0 spiro atoms. The number of nitro groups is 1. The number of para-hydroxylation sites is 1. The van der Waals surface area contributed by atoms with E-state index in [2.05, 4.69) is 21.2 Å². The van der Waals surface area contributed by atoms with Crippen LogP contribution in [-0.4, -0.2) is 11.5 Å². The van der Waals surface area contributed by atoms with Gasteiger partial charge in [-0.15, -0.1) is 0 Å². The third-order valence-electron chi connectivity index (χ3n) is 2.80. The molecule has 21 heavy (non-hydrogen) atoms. The average molecular weight is 367 g/mol. The van der Waals surface area contributed by atoms with Gasteiger partial charge in [-0.1, -0.05) is 36.9 Å². The Morgan fingerprint density at radius 1 is 1.19 bits per heavy atom. The van der Waals surface area contributed by atoms with E-state index in [1.807, 2.05) is 37.3 Å². The molecule has 0 radical (unpaired) electrons. The maximum atomic E-state index is 11.4. The first-order valence-electron chi connectivity index (χ1n) is 6.57. The number of anilines is 1. The smallest absolute Gasteiger partial charge is 0.306 e. The SMILES string of the molecule is CCCNc1cccc(Sc2ccccc2Br)c1[N+](=O)[O-]. The molecule has 0 fully saturated rings. The highest BCUT2D eigenvalue weighted by molar-refractivity contribution is 9.10. The number of halogens is 1. The molecule has 0 bridgehead atoms. The molecule has 0 atom stereocenters. The monoisotopic (exact) mass is 366 g/mol. The number of nitrogens with one attached hydrogen (secondary N) is 1. The van der Waals surface area contributed by atoms with Crippen LogP contribution in [0.3, 0.4) is 0 Å². The fraction of sp³-hybridized carbons (Fsp3) is 0.200. The van der Waals surface area contributed by atoms with Crippen LogP contribution in [0.4, 0.5) is 11.4 Å². The number of hydrogen-bond donors (Lipinski definition) is 1. The van der Waals surface area contributed by atoms with Gasteiger partial charge in [0.2, 0.25) is 0 Å². The Kier molecular flexibility index (Phi) is 5.64. The van der Waals surface area contributed by atoms with E-state index < -0.39 is 0 Å². The summed E-state index contributed by atoms with van der Waals surface area (Å²) in [6.45, 7) is 2.74. The molecule has 0 aliphatic rings. The maximum absolute atomic E-state index is 11.4. The molecule has 0 aromatic heterocycles. The summed E-state index contributed by atoms with van der Waals surface area (Å²) in [6, 6.07) is 13.1. The minimum absolute atomic E-state index is 0.131. The van der Waals surface area contributed by atoms with Gasteiger partial charge in [0.05, 0.1) is 9.82 Å². The van der Waals surface area contributed by atoms with Crippen LogP contribution in [0.2, 0.25) is 0 Å². The lowest BCUT2D eigenvalue weighted by molar-refractivity contribution is -0.386. The molecule has 0 aliphatic carbocycles. The van der Waals surface area contributed by atoms with Crippen LogP contribution in [0.1, 0.15) is 13.3 Å². The van der Waals surface area contributed by atoms with Gasteiger partial charge in [-0.3, -0.25) is 10.1 Å². The Morgan fingerprint density at radius 3 is 2.57 bits per heavy atom. The predicted octanol–water partition coefficient (Wildman–Crippen LogP) is 5.33. The molecule has 2 aromatic carbocycles. The fourth-order valence-corrected chi connectivity index (χ4v) is 3.35. The lowest BCUT2D eigenvalue weighted by Gasteiger charge is -2.10. The van der Waals surface area contributed by atoms with E-state index in [-0.39, 0.29) is 10.6 Å². The van der Waals surface area contributed by atoms with Crippen molar-refractivity contribution >= 4 is 39.1 Å². The topological polar surface area (TPSA) is 55.2 Å². The first kappa shape index (κ1) is 15.9. The molecule has 4 nitrogen and oxygen atoms in total. The van der Waals surface area contributed by atoms with Gasteiger partial charge < -0.3 is 5.32 Å². The Balaban J connectivity index is 2.39. The highest BCUT2D eigenvalue weighted by atomic mass is 79.9. The molecule has 0 aliphatic heterocycles.